The van der Waals surface area contributed by atoms with Crippen molar-refractivity contribution in [2.24, 2.45) is 4.99 Å². The number of hydrogen-bond acceptors (Lipinski definition) is 4. The number of ketones is 1. The fourth-order valence-corrected chi connectivity index (χ4v) is 3.42. The van der Waals surface area contributed by atoms with E-state index in [9.17, 15) is 9.90 Å². The number of hydrogen-bond donors (Lipinski definition) is 1. The molecule has 1 unspecified atom stereocenters. The van der Waals surface area contributed by atoms with E-state index in [1.54, 1.807) is 0 Å². The van der Waals surface area contributed by atoms with Crippen LogP contribution in [0.5, 0.6) is 11.5 Å². The summed E-state index contributed by atoms with van der Waals surface area (Å²) in [5, 5.41) is 10.5. The van der Waals surface area contributed by atoms with E-state index >= 15 is 0 Å². The fraction of sp³-hybridized carbons (Fsp3) is 0.120. The van der Waals surface area contributed by atoms with Crippen LogP contribution in [0.1, 0.15) is 24.3 Å². The first-order valence-electron chi connectivity index (χ1n) is 9.57. The molecule has 0 saturated heterocycles. The highest BCUT2D eigenvalue weighted by atomic mass is 16.5. The number of carbonyl (C=O) groups excluding carboxylic acids is 1. The second-order valence-corrected chi connectivity index (χ2v) is 6.94. The van der Waals surface area contributed by atoms with Crippen molar-refractivity contribution in [2.45, 2.75) is 18.8 Å². The van der Waals surface area contributed by atoms with Gasteiger partial charge in [-0.1, -0.05) is 60.7 Å². The Balaban J connectivity index is 1.55. The van der Waals surface area contributed by atoms with Crippen molar-refractivity contribution in [3.8, 4) is 11.5 Å². The van der Waals surface area contributed by atoms with Crippen molar-refractivity contribution >= 4 is 17.7 Å². The van der Waals surface area contributed by atoms with Gasteiger partial charge in [-0.3, -0.25) is 9.79 Å². The van der Waals surface area contributed by atoms with Crippen LogP contribution in [0.25, 0.3) is 0 Å². The fourth-order valence-electron chi connectivity index (χ4n) is 3.42. The van der Waals surface area contributed by atoms with Crippen molar-refractivity contribution in [2.75, 3.05) is 0 Å². The number of rotatable bonds is 5. The number of allylic oxidation sites excluding steroid dienone is 2. The SMILES string of the molecule is O=C1CC(c2ccccc2)CC(O)=C1C=Nc1ccccc1Oc1ccccc1. The highest BCUT2D eigenvalue weighted by Crippen LogP contribution is 2.34. The van der Waals surface area contributed by atoms with E-state index < -0.39 is 0 Å². The van der Waals surface area contributed by atoms with Crippen molar-refractivity contribution in [3.63, 3.8) is 0 Å². The molecular weight excluding hydrogens is 362 g/mol. The molecule has 0 saturated carbocycles. The Morgan fingerprint density at radius 2 is 1.52 bits per heavy atom. The van der Waals surface area contributed by atoms with Gasteiger partial charge in [-0.15, -0.1) is 0 Å². The van der Waals surface area contributed by atoms with Gasteiger partial charge in [0.15, 0.2) is 11.5 Å². The van der Waals surface area contributed by atoms with Gasteiger partial charge in [-0.2, -0.15) is 0 Å². The number of aliphatic imine (C=N–C) groups is 1. The lowest BCUT2D eigenvalue weighted by atomic mass is 9.83. The Morgan fingerprint density at radius 3 is 2.24 bits per heavy atom. The lowest BCUT2D eigenvalue weighted by Gasteiger charge is -2.22. The zero-order valence-electron chi connectivity index (χ0n) is 15.9. The smallest absolute Gasteiger partial charge is 0.168 e. The monoisotopic (exact) mass is 383 g/mol. The van der Waals surface area contributed by atoms with Gasteiger partial charge in [0.25, 0.3) is 0 Å². The van der Waals surface area contributed by atoms with Crippen LogP contribution in [0.2, 0.25) is 0 Å². The standard InChI is InChI=1S/C25H21NO3/c27-23-15-19(18-9-3-1-4-10-18)16-24(28)21(23)17-26-22-13-7-8-14-25(22)29-20-11-5-2-6-12-20/h1-14,17,19,27H,15-16H2. The van der Waals surface area contributed by atoms with Crippen LogP contribution in [0, 0.1) is 0 Å². The summed E-state index contributed by atoms with van der Waals surface area (Å²) >= 11 is 0. The summed E-state index contributed by atoms with van der Waals surface area (Å²) in [6.45, 7) is 0. The van der Waals surface area contributed by atoms with Gasteiger partial charge in [-0.05, 0) is 35.7 Å². The maximum absolute atomic E-state index is 12.6. The minimum absolute atomic E-state index is 0.00505. The van der Waals surface area contributed by atoms with Gasteiger partial charge in [-0.25, -0.2) is 0 Å². The average Bonchev–Trinajstić information content (AvgIpc) is 2.75. The van der Waals surface area contributed by atoms with Crippen LogP contribution >= 0.6 is 0 Å². The third-order valence-corrected chi connectivity index (χ3v) is 4.92. The van der Waals surface area contributed by atoms with Crippen molar-refractivity contribution in [1.29, 1.82) is 0 Å². The second-order valence-electron chi connectivity index (χ2n) is 6.94. The minimum atomic E-state index is -0.104. The second kappa shape index (κ2) is 8.57. The lowest BCUT2D eigenvalue weighted by molar-refractivity contribution is -0.116. The number of Topliss-reactive ketones (excluding diaryl/α,β-unsaturated/α-hetero) is 1. The molecule has 4 heteroatoms. The quantitative estimate of drug-likeness (QED) is 0.538. The molecule has 3 aromatic rings. The number of nitrogens with zero attached hydrogens (tertiary/aromatic N) is 1. The highest BCUT2D eigenvalue weighted by Gasteiger charge is 2.27. The molecule has 1 aliphatic rings. The van der Waals surface area contributed by atoms with E-state index in [2.05, 4.69) is 4.99 Å². The van der Waals surface area contributed by atoms with Crippen LogP contribution in [-0.4, -0.2) is 17.1 Å². The summed E-state index contributed by atoms with van der Waals surface area (Å²) in [5.74, 6) is 1.26. The third-order valence-electron chi connectivity index (χ3n) is 4.92. The summed E-state index contributed by atoms with van der Waals surface area (Å²) in [7, 11) is 0. The molecule has 0 aliphatic heterocycles. The Kier molecular flexibility index (Phi) is 5.52. The Bertz CT molecular complexity index is 1060. The molecular formula is C25H21NO3. The first-order chi connectivity index (χ1) is 14.2. The van der Waals surface area contributed by atoms with E-state index in [1.807, 2.05) is 84.9 Å². The molecule has 4 rings (SSSR count). The van der Waals surface area contributed by atoms with Gasteiger partial charge >= 0.3 is 0 Å². The molecule has 0 spiro atoms. The Morgan fingerprint density at radius 1 is 0.862 bits per heavy atom. The normalized spacial score (nSPS) is 17.0. The molecule has 0 radical (unpaired) electrons. The molecule has 4 nitrogen and oxygen atoms in total. The van der Waals surface area contributed by atoms with Crippen LogP contribution < -0.4 is 4.74 Å². The molecule has 29 heavy (non-hydrogen) atoms. The number of aliphatic hydroxyl groups excluding tert-OH is 1. The highest BCUT2D eigenvalue weighted by molar-refractivity contribution is 6.15. The first kappa shape index (κ1) is 18.7. The Labute approximate surface area is 169 Å². The zero-order chi connectivity index (χ0) is 20.1. The van der Waals surface area contributed by atoms with E-state index in [-0.39, 0.29) is 23.0 Å². The summed E-state index contributed by atoms with van der Waals surface area (Å²) in [5.41, 5.74) is 1.92. The number of ether oxygens (including phenoxy) is 1. The third kappa shape index (κ3) is 4.43. The summed E-state index contributed by atoms with van der Waals surface area (Å²) in [4.78, 5) is 17.1. The molecule has 1 N–H and O–H groups in total. The van der Waals surface area contributed by atoms with Crippen molar-refractivity contribution in [3.05, 3.63) is 102 Å². The van der Waals surface area contributed by atoms with Crippen LogP contribution in [-0.2, 0) is 4.79 Å². The summed E-state index contributed by atoms with van der Waals surface area (Å²) in [6, 6.07) is 26.6. The lowest BCUT2D eigenvalue weighted by Crippen LogP contribution is -2.19. The van der Waals surface area contributed by atoms with E-state index in [4.69, 9.17) is 4.74 Å². The van der Waals surface area contributed by atoms with Gasteiger partial charge in [0.2, 0.25) is 0 Å². The van der Waals surface area contributed by atoms with Crippen molar-refractivity contribution < 1.29 is 14.6 Å². The van der Waals surface area contributed by atoms with Gasteiger partial charge in [0.1, 0.15) is 17.2 Å². The number of para-hydroxylation sites is 3. The molecule has 1 atom stereocenters. The predicted molar refractivity (Wildman–Crippen MR) is 114 cm³/mol. The number of aliphatic hydroxyl groups is 1. The van der Waals surface area contributed by atoms with E-state index in [1.165, 1.54) is 6.21 Å². The molecule has 1 aliphatic carbocycles. The molecule has 0 fully saturated rings. The van der Waals surface area contributed by atoms with Gasteiger partial charge in [0.05, 0.1) is 5.57 Å². The average molecular weight is 383 g/mol. The molecule has 0 aromatic heterocycles. The molecule has 0 heterocycles. The minimum Gasteiger partial charge on any atom is -0.511 e. The topological polar surface area (TPSA) is 58.9 Å². The van der Waals surface area contributed by atoms with Crippen LogP contribution in [0.3, 0.4) is 0 Å². The van der Waals surface area contributed by atoms with Gasteiger partial charge < -0.3 is 9.84 Å². The maximum atomic E-state index is 12.6. The Hall–Kier alpha value is -3.66. The largest absolute Gasteiger partial charge is 0.511 e. The number of benzene rings is 3. The molecule has 144 valence electrons. The first-order valence-corrected chi connectivity index (χ1v) is 9.57. The predicted octanol–water partition coefficient (Wildman–Crippen LogP) is 6.14. The van der Waals surface area contributed by atoms with E-state index in [0.717, 1.165) is 5.56 Å². The number of carbonyl (C=O) groups is 1. The molecule has 0 amide bonds. The van der Waals surface area contributed by atoms with E-state index in [0.29, 0.717) is 30.0 Å². The zero-order valence-corrected chi connectivity index (χ0v) is 15.9. The molecule has 0 bridgehead atoms. The summed E-state index contributed by atoms with van der Waals surface area (Å²) in [6.07, 6.45) is 2.24. The van der Waals surface area contributed by atoms with Crippen LogP contribution in [0.15, 0.2) is 101 Å². The van der Waals surface area contributed by atoms with Crippen molar-refractivity contribution in [1.82, 2.24) is 0 Å². The van der Waals surface area contributed by atoms with Gasteiger partial charge in [0, 0.05) is 19.1 Å². The maximum Gasteiger partial charge on any atom is 0.168 e. The summed E-state index contributed by atoms with van der Waals surface area (Å²) < 4.78 is 5.90. The van der Waals surface area contributed by atoms with Crippen LogP contribution in [0.4, 0.5) is 5.69 Å². The molecule has 3 aromatic carbocycles.